The average molecular weight is 546 g/mol. The van der Waals surface area contributed by atoms with E-state index in [0.717, 1.165) is 16.7 Å². The first-order chi connectivity index (χ1) is 19.2. The smallest absolute Gasteiger partial charge is 0.254 e. The molecule has 3 aromatic carbocycles. The van der Waals surface area contributed by atoms with Gasteiger partial charge in [0, 0.05) is 30.6 Å². The summed E-state index contributed by atoms with van der Waals surface area (Å²) in [4.78, 5) is 41.1. The largest absolute Gasteiger partial charge is 0.508 e. The number of nitrogens with zero attached hydrogens (tertiary/aromatic N) is 1. The van der Waals surface area contributed by atoms with Crippen molar-refractivity contribution >= 4 is 17.7 Å². The van der Waals surface area contributed by atoms with Crippen LogP contribution in [-0.4, -0.2) is 68.8 Å². The standard InChI is InChI=1S/C31H35N3O6/c1-19-9-6-7-12-22(19)17-32-30(39)26-16-23(35)18-34(26)31(40)28(37)25(15-21-10-4-3-5-11-21)33-29(38)24-13-8-14-27(36)20(24)2/h3-14,23,25-26,28,35-37H,15-18H2,1-2H3,(H,32,39)(H,33,38)/t23-,25+,26+,28+/m1/s1. The van der Waals surface area contributed by atoms with Crippen LogP contribution in [0.4, 0.5) is 0 Å². The summed E-state index contributed by atoms with van der Waals surface area (Å²) in [5.74, 6) is -1.80. The van der Waals surface area contributed by atoms with Crippen molar-refractivity contribution < 1.29 is 29.7 Å². The number of aliphatic hydroxyl groups is 2. The summed E-state index contributed by atoms with van der Waals surface area (Å²) in [5, 5.41) is 37.3. The second-order valence-corrected chi connectivity index (χ2v) is 10.2. The van der Waals surface area contributed by atoms with Crippen LogP contribution in [0.5, 0.6) is 5.75 Å². The Morgan fingerprint density at radius 3 is 2.40 bits per heavy atom. The first-order valence-corrected chi connectivity index (χ1v) is 13.3. The number of amides is 3. The van der Waals surface area contributed by atoms with Crippen molar-refractivity contribution in [1.29, 1.82) is 0 Å². The summed E-state index contributed by atoms with van der Waals surface area (Å²) in [7, 11) is 0. The molecule has 1 aliphatic heterocycles. The molecule has 3 aromatic rings. The van der Waals surface area contributed by atoms with E-state index >= 15 is 0 Å². The number of aliphatic hydroxyl groups excluding tert-OH is 2. The van der Waals surface area contributed by atoms with Crippen LogP contribution in [0.15, 0.2) is 72.8 Å². The predicted molar refractivity (Wildman–Crippen MR) is 149 cm³/mol. The van der Waals surface area contributed by atoms with E-state index < -0.39 is 42.0 Å². The van der Waals surface area contributed by atoms with Gasteiger partial charge in [0.1, 0.15) is 11.8 Å². The number of carbonyl (C=O) groups is 3. The normalized spacial score (nSPS) is 18.1. The van der Waals surface area contributed by atoms with Gasteiger partial charge in [-0.15, -0.1) is 0 Å². The highest BCUT2D eigenvalue weighted by Gasteiger charge is 2.42. The average Bonchev–Trinajstić information content (AvgIpc) is 3.35. The molecule has 1 aliphatic rings. The zero-order chi connectivity index (χ0) is 28.8. The fraction of sp³-hybridized carbons (Fsp3) is 0.323. The summed E-state index contributed by atoms with van der Waals surface area (Å²) >= 11 is 0. The quantitative estimate of drug-likeness (QED) is 0.279. The van der Waals surface area contributed by atoms with E-state index in [4.69, 9.17) is 0 Å². The van der Waals surface area contributed by atoms with Gasteiger partial charge in [0.05, 0.1) is 12.1 Å². The van der Waals surface area contributed by atoms with Crippen LogP contribution < -0.4 is 10.6 Å². The van der Waals surface area contributed by atoms with Crippen LogP contribution in [0.2, 0.25) is 0 Å². The van der Waals surface area contributed by atoms with Crippen molar-refractivity contribution in [1.82, 2.24) is 15.5 Å². The summed E-state index contributed by atoms with van der Waals surface area (Å²) in [6.07, 6.45) is -2.45. The highest BCUT2D eigenvalue weighted by Crippen LogP contribution is 2.23. The van der Waals surface area contributed by atoms with Crippen LogP contribution in [0.1, 0.15) is 39.0 Å². The van der Waals surface area contributed by atoms with Gasteiger partial charge in [0.25, 0.3) is 11.8 Å². The zero-order valence-electron chi connectivity index (χ0n) is 22.6. The lowest BCUT2D eigenvalue weighted by Gasteiger charge is -2.30. The van der Waals surface area contributed by atoms with E-state index in [1.807, 2.05) is 61.5 Å². The lowest BCUT2D eigenvalue weighted by atomic mass is 9.98. The number of phenolic OH excluding ortho intramolecular Hbond substituents is 1. The molecule has 210 valence electrons. The minimum absolute atomic E-state index is 0.0380. The minimum Gasteiger partial charge on any atom is -0.508 e. The number of carbonyl (C=O) groups excluding carboxylic acids is 3. The number of hydrogen-bond donors (Lipinski definition) is 5. The molecule has 4 rings (SSSR count). The van der Waals surface area contributed by atoms with Gasteiger partial charge in [-0.1, -0.05) is 60.7 Å². The molecule has 0 saturated carbocycles. The van der Waals surface area contributed by atoms with Crippen molar-refractivity contribution in [2.75, 3.05) is 6.54 Å². The number of phenols is 1. The summed E-state index contributed by atoms with van der Waals surface area (Å²) in [6.45, 7) is 3.69. The highest BCUT2D eigenvalue weighted by atomic mass is 16.3. The third-order valence-electron chi connectivity index (χ3n) is 7.38. The maximum atomic E-state index is 13.6. The second-order valence-electron chi connectivity index (χ2n) is 10.2. The Morgan fingerprint density at radius 1 is 0.975 bits per heavy atom. The Labute approximate surface area is 233 Å². The number of aromatic hydroxyl groups is 1. The third kappa shape index (κ3) is 6.67. The molecule has 9 nitrogen and oxygen atoms in total. The van der Waals surface area contributed by atoms with Crippen molar-refractivity contribution in [3.63, 3.8) is 0 Å². The number of β-amino-alcohol motifs (C(OH)–C–C–N with tert-alkyl or cyclic N) is 1. The van der Waals surface area contributed by atoms with Gasteiger partial charge >= 0.3 is 0 Å². The van der Waals surface area contributed by atoms with Crippen LogP contribution in [0, 0.1) is 13.8 Å². The zero-order valence-corrected chi connectivity index (χ0v) is 22.6. The molecule has 0 bridgehead atoms. The van der Waals surface area contributed by atoms with Crippen LogP contribution in [0.25, 0.3) is 0 Å². The van der Waals surface area contributed by atoms with E-state index in [9.17, 15) is 29.7 Å². The molecule has 0 unspecified atom stereocenters. The molecular weight excluding hydrogens is 510 g/mol. The molecule has 1 heterocycles. The van der Waals surface area contributed by atoms with Gasteiger partial charge in [-0.25, -0.2) is 0 Å². The van der Waals surface area contributed by atoms with E-state index in [-0.39, 0.29) is 37.2 Å². The molecule has 1 saturated heterocycles. The SMILES string of the molecule is Cc1ccccc1CNC(=O)[C@@H]1C[C@@H](O)CN1C(=O)[C@@H](O)[C@H](Cc1ccccc1)NC(=O)c1cccc(O)c1C. The molecular formula is C31H35N3O6. The van der Waals surface area contributed by atoms with Gasteiger partial charge in [0.15, 0.2) is 6.10 Å². The monoisotopic (exact) mass is 545 g/mol. The molecule has 0 aliphatic carbocycles. The lowest BCUT2D eigenvalue weighted by molar-refractivity contribution is -0.146. The first kappa shape index (κ1) is 28.8. The fourth-order valence-electron chi connectivity index (χ4n) is 4.98. The van der Waals surface area contributed by atoms with Crippen LogP contribution >= 0.6 is 0 Å². The molecule has 5 N–H and O–H groups in total. The van der Waals surface area contributed by atoms with Crippen molar-refractivity contribution in [3.05, 3.63) is 101 Å². The number of likely N-dealkylation sites (tertiary alicyclic amines) is 1. The van der Waals surface area contributed by atoms with Crippen molar-refractivity contribution in [2.24, 2.45) is 0 Å². The Hall–Kier alpha value is -4.21. The van der Waals surface area contributed by atoms with Crippen LogP contribution in [0.3, 0.4) is 0 Å². The molecule has 0 radical (unpaired) electrons. The summed E-state index contributed by atoms with van der Waals surface area (Å²) < 4.78 is 0. The molecule has 9 heteroatoms. The Balaban J connectivity index is 1.52. The van der Waals surface area contributed by atoms with E-state index in [2.05, 4.69) is 10.6 Å². The van der Waals surface area contributed by atoms with E-state index in [1.54, 1.807) is 13.0 Å². The second kappa shape index (κ2) is 12.8. The highest BCUT2D eigenvalue weighted by molar-refractivity contribution is 5.97. The number of rotatable bonds is 9. The molecule has 3 amide bonds. The molecule has 0 aromatic heterocycles. The fourth-order valence-corrected chi connectivity index (χ4v) is 4.98. The number of nitrogens with one attached hydrogen (secondary N) is 2. The van der Waals surface area contributed by atoms with Gasteiger partial charge in [-0.3, -0.25) is 14.4 Å². The van der Waals surface area contributed by atoms with Gasteiger partial charge < -0.3 is 30.9 Å². The molecule has 4 atom stereocenters. The maximum Gasteiger partial charge on any atom is 0.254 e. The number of hydrogen-bond acceptors (Lipinski definition) is 6. The molecule has 40 heavy (non-hydrogen) atoms. The van der Waals surface area contributed by atoms with Crippen LogP contribution in [-0.2, 0) is 22.6 Å². The van der Waals surface area contributed by atoms with Gasteiger partial charge in [0.2, 0.25) is 5.91 Å². The lowest BCUT2D eigenvalue weighted by Crippen LogP contribution is -2.55. The summed E-state index contributed by atoms with van der Waals surface area (Å²) in [6, 6.07) is 19.2. The molecule has 1 fully saturated rings. The topological polar surface area (TPSA) is 139 Å². The third-order valence-corrected chi connectivity index (χ3v) is 7.38. The van der Waals surface area contributed by atoms with E-state index in [1.165, 1.54) is 17.0 Å². The van der Waals surface area contributed by atoms with E-state index in [0.29, 0.717) is 5.56 Å². The Kier molecular flexibility index (Phi) is 9.19. The Morgan fingerprint density at radius 2 is 1.68 bits per heavy atom. The first-order valence-electron chi connectivity index (χ1n) is 13.3. The van der Waals surface area contributed by atoms with Gasteiger partial charge in [-0.2, -0.15) is 0 Å². The van der Waals surface area contributed by atoms with Crippen molar-refractivity contribution in [3.8, 4) is 5.75 Å². The Bertz CT molecular complexity index is 1360. The number of benzene rings is 3. The summed E-state index contributed by atoms with van der Waals surface area (Å²) in [5.41, 5.74) is 3.30. The number of aryl methyl sites for hydroxylation is 1. The van der Waals surface area contributed by atoms with Gasteiger partial charge in [-0.05, 0) is 49.1 Å². The van der Waals surface area contributed by atoms with Crippen molar-refractivity contribution in [2.45, 2.75) is 57.5 Å². The maximum absolute atomic E-state index is 13.6. The minimum atomic E-state index is -1.70. The predicted octanol–water partition coefficient (Wildman–Crippen LogP) is 1.99. The molecule has 0 spiro atoms.